The molecule has 2 amide bonds. The Morgan fingerprint density at radius 2 is 1.67 bits per heavy atom. The topological polar surface area (TPSA) is 49.4 Å². The third kappa shape index (κ3) is 5.16. The van der Waals surface area contributed by atoms with Crippen LogP contribution in [0.25, 0.3) is 0 Å². The molecule has 0 heterocycles. The Balaban J connectivity index is 1.49. The van der Waals surface area contributed by atoms with Gasteiger partial charge in [0.05, 0.1) is 0 Å². The van der Waals surface area contributed by atoms with E-state index >= 15 is 0 Å². The zero-order valence-corrected chi connectivity index (χ0v) is 15.5. The lowest BCUT2D eigenvalue weighted by Crippen LogP contribution is -2.36. The van der Waals surface area contributed by atoms with E-state index in [4.69, 9.17) is 0 Å². The molecule has 3 rings (SSSR count). The van der Waals surface area contributed by atoms with Gasteiger partial charge in [0.1, 0.15) is 5.82 Å². The van der Waals surface area contributed by atoms with Gasteiger partial charge < -0.3 is 10.2 Å². The minimum absolute atomic E-state index is 0.0306. The van der Waals surface area contributed by atoms with Gasteiger partial charge in [0, 0.05) is 31.1 Å². The molecule has 1 aliphatic rings. The second-order valence-corrected chi connectivity index (χ2v) is 7.23. The largest absolute Gasteiger partial charge is 0.341 e. The lowest BCUT2D eigenvalue weighted by molar-refractivity contribution is -0.137. The van der Waals surface area contributed by atoms with Crippen molar-refractivity contribution in [2.45, 2.75) is 32.2 Å². The zero-order valence-electron chi connectivity index (χ0n) is 15.5. The second kappa shape index (κ2) is 8.80. The molecule has 1 aliphatic carbocycles. The Kier molecular flexibility index (Phi) is 6.22. The normalized spacial score (nSPS) is 19.3. The third-order valence-electron chi connectivity index (χ3n) is 5.18. The van der Waals surface area contributed by atoms with Crippen molar-refractivity contribution >= 4 is 17.5 Å². The van der Waals surface area contributed by atoms with Crippen LogP contribution in [0.3, 0.4) is 0 Å². The highest BCUT2D eigenvalue weighted by Gasteiger charge is 2.31. The van der Waals surface area contributed by atoms with E-state index in [1.54, 1.807) is 17.0 Å². The molecule has 0 spiro atoms. The van der Waals surface area contributed by atoms with Crippen LogP contribution >= 0.6 is 0 Å². The summed E-state index contributed by atoms with van der Waals surface area (Å²) in [4.78, 5) is 26.9. The maximum atomic E-state index is 13.2. The first kappa shape index (κ1) is 19.1. The molecule has 142 valence electrons. The summed E-state index contributed by atoms with van der Waals surface area (Å²) in [6.45, 7) is 0.597. The second-order valence-electron chi connectivity index (χ2n) is 7.23. The molecule has 0 aromatic heterocycles. The summed E-state index contributed by atoms with van der Waals surface area (Å²) in [5.74, 6) is -0.482. The quantitative estimate of drug-likeness (QED) is 0.859. The molecule has 0 aliphatic heterocycles. The van der Waals surface area contributed by atoms with Crippen LogP contribution in [0.1, 0.15) is 31.2 Å². The average molecular weight is 368 g/mol. The number of anilines is 1. The van der Waals surface area contributed by atoms with Gasteiger partial charge in [0.25, 0.3) is 0 Å². The van der Waals surface area contributed by atoms with Gasteiger partial charge in [-0.05, 0) is 49.4 Å². The average Bonchev–Trinajstić information content (AvgIpc) is 2.68. The van der Waals surface area contributed by atoms with Gasteiger partial charge in [-0.2, -0.15) is 0 Å². The van der Waals surface area contributed by atoms with E-state index in [1.807, 2.05) is 37.4 Å². The molecule has 2 aromatic carbocycles. The van der Waals surface area contributed by atoms with E-state index in [9.17, 15) is 14.0 Å². The molecule has 2 aromatic rings. The van der Waals surface area contributed by atoms with E-state index in [0.717, 1.165) is 5.56 Å². The number of carbonyl (C=O) groups excluding carboxylic acids is 2. The van der Waals surface area contributed by atoms with Crippen LogP contribution < -0.4 is 5.32 Å². The molecule has 0 unspecified atom stereocenters. The van der Waals surface area contributed by atoms with Crippen LogP contribution in [-0.4, -0.2) is 23.8 Å². The number of hydrogen-bond donors (Lipinski definition) is 1. The number of rotatable bonds is 5. The van der Waals surface area contributed by atoms with Crippen LogP contribution in [0.4, 0.5) is 10.1 Å². The maximum absolute atomic E-state index is 13.2. The highest BCUT2D eigenvalue weighted by atomic mass is 19.1. The van der Waals surface area contributed by atoms with Crippen molar-refractivity contribution < 1.29 is 14.0 Å². The molecule has 0 saturated heterocycles. The summed E-state index contributed by atoms with van der Waals surface area (Å²) in [6, 6.07) is 15.8. The lowest BCUT2D eigenvalue weighted by Gasteiger charge is -2.30. The van der Waals surface area contributed by atoms with E-state index < -0.39 is 0 Å². The number of amides is 2. The molecule has 0 atom stereocenters. The molecule has 5 heteroatoms. The van der Waals surface area contributed by atoms with Crippen LogP contribution in [0.15, 0.2) is 54.6 Å². The SMILES string of the molecule is CN(Cc1ccccc1)C(=O)C1CCC(C(=O)Nc2cccc(F)c2)CC1. The fraction of sp³-hybridized carbons (Fsp3) is 0.364. The van der Waals surface area contributed by atoms with Gasteiger partial charge in [0.15, 0.2) is 0 Å². The van der Waals surface area contributed by atoms with E-state index in [-0.39, 0.29) is 29.5 Å². The van der Waals surface area contributed by atoms with Crippen molar-refractivity contribution in [3.8, 4) is 0 Å². The Bertz CT molecular complexity index is 786. The number of halogens is 1. The zero-order chi connectivity index (χ0) is 19.2. The lowest BCUT2D eigenvalue weighted by atomic mass is 9.81. The summed E-state index contributed by atoms with van der Waals surface area (Å²) in [6.07, 6.45) is 2.77. The van der Waals surface area contributed by atoms with E-state index in [0.29, 0.717) is 37.9 Å². The summed E-state index contributed by atoms with van der Waals surface area (Å²) < 4.78 is 13.2. The molecule has 1 fully saturated rings. The number of carbonyl (C=O) groups is 2. The molecule has 27 heavy (non-hydrogen) atoms. The van der Waals surface area contributed by atoms with Crippen LogP contribution in [0.5, 0.6) is 0 Å². The molecular weight excluding hydrogens is 343 g/mol. The Morgan fingerprint density at radius 3 is 2.33 bits per heavy atom. The first-order valence-corrected chi connectivity index (χ1v) is 9.38. The standard InChI is InChI=1S/C22H25FN2O2/c1-25(15-16-6-3-2-4-7-16)22(27)18-12-10-17(11-13-18)21(26)24-20-9-5-8-19(23)14-20/h2-9,14,17-18H,10-13,15H2,1H3,(H,24,26). The maximum Gasteiger partial charge on any atom is 0.227 e. The molecule has 0 bridgehead atoms. The summed E-state index contributed by atoms with van der Waals surface area (Å²) >= 11 is 0. The number of nitrogens with zero attached hydrogens (tertiary/aromatic N) is 1. The van der Waals surface area contributed by atoms with Crippen LogP contribution in [0, 0.1) is 17.7 Å². The van der Waals surface area contributed by atoms with Gasteiger partial charge in [-0.25, -0.2) is 4.39 Å². The van der Waals surface area contributed by atoms with Crippen molar-refractivity contribution in [2.24, 2.45) is 11.8 Å². The van der Waals surface area contributed by atoms with E-state index in [2.05, 4.69) is 5.32 Å². The van der Waals surface area contributed by atoms with Gasteiger partial charge in [-0.1, -0.05) is 36.4 Å². The summed E-state index contributed by atoms with van der Waals surface area (Å²) in [5.41, 5.74) is 1.58. The Labute approximate surface area is 159 Å². The fourth-order valence-corrected chi connectivity index (χ4v) is 3.66. The monoisotopic (exact) mass is 368 g/mol. The number of hydrogen-bond acceptors (Lipinski definition) is 2. The minimum Gasteiger partial charge on any atom is -0.341 e. The van der Waals surface area contributed by atoms with Crippen molar-refractivity contribution in [2.75, 3.05) is 12.4 Å². The van der Waals surface area contributed by atoms with Gasteiger partial charge in [-0.15, -0.1) is 0 Å². The predicted octanol–water partition coefficient (Wildman–Crippen LogP) is 4.23. The van der Waals surface area contributed by atoms with Crippen molar-refractivity contribution in [1.82, 2.24) is 4.90 Å². The minimum atomic E-state index is -0.372. The van der Waals surface area contributed by atoms with E-state index in [1.165, 1.54) is 12.1 Å². The first-order valence-electron chi connectivity index (χ1n) is 9.38. The van der Waals surface area contributed by atoms with Crippen molar-refractivity contribution in [3.63, 3.8) is 0 Å². The Morgan fingerprint density at radius 1 is 1.00 bits per heavy atom. The number of benzene rings is 2. The molecule has 1 N–H and O–H groups in total. The van der Waals surface area contributed by atoms with Crippen LogP contribution in [-0.2, 0) is 16.1 Å². The highest BCUT2D eigenvalue weighted by molar-refractivity contribution is 5.92. The summed E-state index contributed by atoms with van der Waals surface area (Å²) in [5, 5.41) is 2.78. The van der Waals surface area contributed by atoms with Gasteiger partial charge in [0.2, 0.25) is 11.8 Å². The van der Waals surface area contributed by atoms with Crippen molar-refractivity contribution in [3.05, 3.63) is 66.0 Å². The van der Waals surface area contributed by atoms with Crippen molar-refractivity contribution in [1.29, 1.82) is 0 Å². The van der Waals surface area contributed by atoms with Gasteiger partial charge >= 0.3 is 0 Å². The predicted molar refractivity (Wildman–Crippen MR) is 103 cm³/mol. The van der Waals surface area contributed by atoms with Gasteiger partial charge in [-0.3, -0.25) is 9.59 Å². The molecule has 1 saturated carbocycles. The van der Waals surface area contributed by atoms with Crippen LogP contribution in [0.2, 0.25) is 0 Å². The molecule has 0 radical (unpaired) electrons. The third-order valence-corrected chi connectivity index (χ3v) is 5.18. The highest BCUT2D eigenvalue weighted by Crippen LogP contribution is 2.31. The summed E-state index contributed by atoms with van der Waals surface area (Å²) in [7, 11) is 1.83. The Hall–Kier alpha value is -2.69. The molecule has 4 nitrogen and oxygen atoms in total. The fourth-order valence-electron chi connectivity index (χ4n) is 3.66. The molecular formula is C22H25FN2O2. The number of nitrogens with one attached hydrogen (secondary N) is 1. The first-order chi connectivity index (χ1) is 13.0. The smallest absolute Gasteiger partial charge is 0.227 e.